The average molecular weight is 427 g/mol. The van der Waals surface area contributed by atoms with Crippen molar-refractivity contribution in [2.24, 2.45) is 0 Å². The molecule has 0 saturated heterocycles. The van der Waals surface area contributed by atoms with E-state index in [0.717, 1.165) is 12.1 Å². The lowest BCUT2D eigenvalue weighted by Gasteiger charge is -2.05. The predicted molar refractivity (Wildman–Crippen MR) is 112 cm³/mol. The minimum Gasteiger partial charge on any atom is -0.420 e. The predicted octanol–water partition coefficient (Wildman–Crippen LogP) is 5.00. The number of aryl methyl sites for hydroxylation is 1. The largest absolute Gasteiger partial charge is 0.420 e. The van der Waals surface area contributed by atoms with Crippen LogP contribution in [0, 0.1) is 0 Å². The molecule has 2 heterocycles. The molecule has 9 heteroatoms. The summed E-state index contributed by atoms with van der Waals surface area (Å²) in [5.41, 5.74) is 2.95. The Morgan fingerprint density at radius 2 is 1.86 bits per heavy atom. The van der Waals surface area contributed by atoms with Crippen LogP contribution in [0.25, 0.3) is 17.1 Å². The Morgan fingerprint density at radius 1 is 1.03 bits per heavy atom. The maximum absolute atomic E-state index is 6.19. The van der Waals surface area contributed by atoms with E-state index in [1.54, 1.807) is 10.7 Å². The Bertz CT molecular complexity index is 1080. The van der Waals surface area contributed by atoms with E-state index in [1.165, 1.54) is 30.2 Å². The third-order valence-electron chi connectivity index (χ3n) is 4.34. The molecule has 7 nitrogen and oxygen atoms in total. The van der Waals surface area contributed by atoms with Crippen molar-refractivity contribution in [1.29, 1.82) is 0 Å². The third-order valence-corrected chi connectivity index (χ3v) is 5.57. The summed E-state index contributed by atoms with van der Waals surface area (Å²) in [6.07, 6.45) is 3.45. The molecule has 0 saturated carbocycles. The zero-order valence-corrected chi connectivity index (χ0v) is 17.4. The average Bonchev–Trinajstić information content (AvgIpc) is 3.41. The summed E-state index contributed by atoms with van der Waals surface area (Å²) in [6.45, 7) is 2.19. The van der Waals surface area contributed by atoms with Crippen LogP contribution in [0.4, 0.5) is 0 Å². The monoisotopic (exact) mass is 426 g/mol. The quantitative estimate of drug-likeness (QED) is 0.366. The van der Waals surface area contributed by atoms with Gasteiger partial charge >= 0.3 is 0 Å². The highest BCUT2D eigenvalue weighted by atomic mass is 35.5. The highest BCUT2D eigenvalue weighted by Gasteiger charge is 2.14. The van der Waals surface area contributed by atoms with Crippen LogP contribution < -0.4 is 0 Å². The van der Waals surface area contributed by atoms with Crippen molar-refractivity contribution in [3.8, 4) is 17.1 Å². The molecule has 2 aromatic heterocycles. The molecule has 0 unspecified atom stereocenters. The molecule has 0 aliphatic heterocycles. The molecular formula is C20H19ClN6OS. The molecule has 0 fully saturated rings. The molecule has 0 atom stereocenters. The number of tetrazole rings is 1. The Hall–Kier alpha value is -2.71. The van der Waals surface area contributed by atoms with E-state index in [4.69, 9.17) is 16.0 Å². The van der Waals surface area contributed by atoms with Gasteiger partial charge < -0.3 is 4.42 Å². The van der Waals surface area contributed by atoms with E-state index in [9.17, 15) is 0 Å². The van der Waals surface area contributed by atoms with Crippen molar-refractivity contribution >= 4 is 23.4 Å². The van der Waals surface area contributed by atoms with Crippen LogP contribution >= 0.6 is 23.4 Å². The van der Waals surface area contributed by atoms with Crippen molar-refractivity contribution in [1.82, 2.24) is 30.4 Å². The SMILES string of the molecule is CCCCc1ccc(-n2nnnc2SCc2nnc(-c3ccccc3Cl)o2)cc1. The van der Waals surface area contributed by atoms with Crippen LogP contribution in [0.3, 0.4) is 0 Å². The number of hydrogen-bond donors (Lipinski definition) is 0. The van der Waals surface area contributed by atoms with Gasteiger partial charge in [0.25, 0.3) is 0 Å². The number of nitrogens with zero attached hydrogens (tertiary/aromatic N) is 6. The number of thioether (sulfide) groups is 1. The molecule has 0 amide bonds. The first-order chi connectivity index (χ1) is 14.2. The first-order valence-corrected chi connectivity index (χ1v) is 10.7. The van der Waals surface area contributed by atoms with Gasteiger partial charge in [-0.15, -0.1) is 15.3 Å². The van der Waals surface area contributed by atoms with Gasteiger partial charge in [0.2, 0.25) is 16.9 Å². The first kappa shape index (κ1) is 19.6. The summed E-state index contributed by atoms with van der Waals surface area (Å²) in [5, 5.41) is 21.4. The Kier molecular flexibility index (Phi) is 6.21. The van der Waals surface area contributed by atoms with Crippen molar-refractivity contribution in [2.75, 3.05) is 0 Å². The zero-order chi connectivity index (χ0) is 20.1. The van der Waals surface area contributed by atoms with E-state index >= 15 is 0 Å². The minimum atomic E-state index is 0.397. The van der Waals surface area contributed by atoms with Crippen molar-refractivity contribution < 1.29 is 4.42 Å². The molecular weight excluding hydrogens is 408 g/mol. The van der Waals surface area contributed by atoms with Crippen LogP contribution in [0.15, 0.2) is 58.1 Å². The number of rotatable bonds is 8. The van der Waals surface area contributed by atoms with E-state index < -0.39 is 0 Å². The normalized spacial score (nSPS) is 11.1. The fraction of sp³-hybridized carbons (Fsp3) is 0.250. The molecule has 0 radical (unpaired) electrons. The zero-order valence-electron chi connectivity index (χ0n) is 15.8. The number of hydrogen-bond acceptors (Lipinski definition) is 7. The van der Waals surface area contributed by atoms with Crippen LogP contribution in [0.1, 0.15) is 31.2 Å². The fourth-order valence-corrected chi connectivity index (χ4v) is 3.74. The van der Waals surface area contributed by atoms with E-state index in [0.29, 0.717) is 33.3 Å². The van der Waals surface area contributed by atoms with Gasteiger partial charge in [-0.2, -0.15) is 4.68 Å². The second kappa shape index (κ2) is 9.19. The summed E-state index contributed by atoms with van der Waals surface area (Å²) < 4.78 is 7.45. The van der Waals surface area contributed by atoms with Gasteiger partial charge in [0.15, 0.2) is 0 Å². The van der Waals surface area contributed by atoms with Gasteiger partial charge in [-0.3, -0.25) is 0 Å². The van der Waals surface area contributed by atoms with Crippen LogP contribution in [0.5, 0.6) is 0 Å². The Labute approximate surface area is 177 Å². The minimum absolute atomic E-state index is 0.397. The molecule has 148 valence electrons. The lowest BCUT2D eigenvalue weighted by Crippen LogP contribution is -1.99. The maximum atomic E-state index is 6.19. The summed E-state index contributed by atoms with van der Waals surface area (Å²) in [5.74, 6) is 1.33. The van der Waals surface area contributed by atoms with Gasteiger partial charge in [-0.1, -0.05) is 61.0 Å². The van der Waals surface area contributed by atoms with Crippen molar-refractivity contribution in [3.05, 3.63) is 65.0 Å². The van der Waals surface area contributed by atoms with Gasteiger partial charge in [0.05, 0.1) is 22.0 Å². The second-order valence-electron chi connectivity index (χ2n) is 6.41. The lowest BCUT2D eigenvalue weighted by molar-refractivity contribution is 0.528. The summed E-state index contributed by atoms with van der Waals surface area (Å²) in [4.78, 5) is 0. The van der Waals surface area contributed by atoms with Crippen molar-refractivity contribution in [3.63, 3.8) is 0 Å². The van der Waals surface area contributed by atoms with E-state index in [-0.39, 0.29) is 0 Å². The second-order valence-corrected chi connectivity index (χ2v) is 7.76. The standard InChI is InChI=1S/C20H19ClN6OS/c1-2-3-6-14-9-11-15(12-10-14)27-20(24-25-26-27)29-13-18-22-23-19(28-18)16-7-4-5-8-17(16)21/h4-5,7-12H,2-3,6,13H2,1H3. The summed E-state index contributed by atoms with van der Waals surface area (Å²) in [6, 6.07) is 15.7. The van der Waals surface area contributed by atoms with Gasteiger partial charge in [-0.05, 0) is 53.1 Å². The summed E-state index contributed by atoms with van der Waals surface area (Å²) >= 11 is 7.62. The molecule has 29 heavy (non-hydrogen) atoms. The maximum Gasteiger partial charge on any atom is 0.249 e. The van der Waals surface area contributed by atoms with E-state index in [1.807, 2.05) is 30.3 Å². The van der Waals surface area contributed by atoms with Crippen molar-refractivity contribution in [2.45, 2.75) is 37.1 Å². The van der Waals surface area contributed by atoms with Gasteiger partial charge in [0, 0.05) is 0 Å². The topological polar surface area (TPSA) is 82.5 Å². The fourth-order valence-electron chi connectivity index (χ4n) is 2.80. The highest BCUT2D eigenvalue weighted by Crippen LogP contribution is 2.28. The molecule has 0 bridgehead atoms. The van der Waals surface area contributed by atoms with E-state index in [2.05, 4.69) is 44.8 Å². The first-order valence-electron chi connectivity index (χ1n) is 9.32. The smallest absolute Gasteiger partial charge is 0.249 e. The highest BCUT2D eigenvalue weighted by molar-refractivity contribution is 7.98. The Morgan fingerprint density at radius 3 is 2.66 bits per heavy atom. The summed E-state index contributed by atoms with van der Waals surface area (Å²) in [7, 11) is 0. The molecule has 0 aliphatic carbocycles. The number of aromatic nitrogens is 6. The molecule has 0 spiro atoms. The number of benzene rings is 2. The number of unbranched alkanes of at least 4 members (excludes halogenated alkanes) is 1. The lowest BCUT2D eigenvalue weighted by atomic mass is 10.1. The molecule has 4 rings (SSSR count). The van der Waals surface area contributed by atoms with Gasteiger partial charge in [-0.25, -0.2) is 0 Å². The van der Waals surface area contributed by atoms with Gasteiger partial charge in [0.1, 0.15) is 0 Å². The molecule has 4 aromatic rings. The number of halogens is 1. The van der Waals surface area contributed by atoms with Crippen LogP contribution in [0.2, 0.25) is 5.02 Å². The molecule has 0 aliphatic rings. The van der Waals surface area contributed by atoms with Crippen LogP contribution in [-0.4, -0.2) is 30.4 Å². The van der Waals surface area contributed by atoms with Crippen LogP contribution in [-0.2, 0) is 12.2 Å². The molecule has 2 aromatic carbocycles. The Balaban J connectivity index is 1.44. The third kappa shape index (κ3) is 4.65. The molecule has 0 N–H and O–H groups in total.